The van der Waals surface area contributed by atoms with Gasteiger partial charge in [0.2, 0.25) is 5.91 Å². The third kappa shape index (κ3) is 7.11. The van der Waals surface area contributed by atoms with Crippen molar-refractivity contribution in [1.29, 1.82) is 0 Å². The molecule has 1 saturated heterocycles. The van der Waals surface area contributed by atoms with Crippen molar-refractivity contribution in [2.24, 2.45) is 5.92 Å². The predicted octanol–water partition coefficient (Wildman–Crippen LogP) is 6.90. The summed E-state index contributed by atoms with van der Waals surface area (Å²) < 4.78 is 6.43. The van der Waals surface area contributed by atoms with Crippen LogP contribution in [0.5, 0.6) is 5.75 Å². The first-order chi connectivity index (χ1) is 18.3. The Hall–Kier alpha value is -3.44. The molecule has 0 radical (unpaired) electrons. The zero-order chi connectivity index (χ0) is 27.1. The highest BCUT2D eigenvalue weighted by Crippen LogP contribution is 2.32. The van der Waals surface area contributed by atoms with Crippen molar-refractivity contribution < 1.29 is 14.3 Å². The number of carbonyl (C=O) groups is 2. The topological polar surface area (TPSA) is 49.9 Å². The van der Waals surface area contributed by atoms with Crippen molar-refractivity contribution in [1.82, 2.24) is 4.90 Å². The monoisotopic (exact) mass is 512 g/mol. The molecule has 200 valence electrons. The number of likely N-dealkylation sites (tertiary alicyclic amines) is 1. The third-order valence-corrected chi connectivity index (χ3v) is 7.54. The van der Waals surface area contributed by atoms with Gasteiger partial charge in [-0.1, -0.05) is 68.4 Å². The number of ketones is 1. The van der Waals surface area contributed by atoms with Crippen LogP contribution in [0.25, 0.3) is 0 Å². The van der Waals surface area contributed by atoms with Crippen molar-refractivity contribution in [2.45, 2.75) is 52.1 Å². The number of Topliss-reactive ketones (excluding diaryl/α,β-unsaturated/α-hetero) is 1. The number of benzene rings is 3. The van der Waals surface area contributed by atoms with E-state index in [1.807, 2.05) is 69.4 Å². The number of carbonyl (C=O) groups excluding carboxylic acids is 2. The lowest BCUT2D eigenvalue weighted by Crippen LogP contribution is -2.35. The number of hydrogen-bond donors (Lipinski definition) is 0. The minimum atomic E-state index is -0.0816. The van der Waals surface area contributed by atoms with Crippen molar-refractivity contribution in [3.05, 3.63) is 95.6 Å². The Kier molecular flexibility index (Phi) is 9.35. The van der Waals surface area contributed by atoms with Crippen LogP contribution in [0.4, 0.5) is 5.69 Å². The fourth-order valence-corrected chi connectivity index (χ4v) is 5.21. The normalized spacial score (nSPS) is 15.3. The Morgan fingerprint density at radius 3 is 2.34 bits per heavy atom. The Labute approximate surface area is 227 Å². The smallest absolute Gasteiger partial charge is 0.229 e. The van der Waals surface area contributed by atoms with E-state index in [2.05, 4.69) is 35.2 Å². The van der Waals surface area contributed by atoms with E-state index in [1.54, 1.807) is 11.8 Å². The summed E-state index contributed by atoms with van der Waals surface area (Å²) in [6, 6.07) is 26.3. The number of ether oxygens (including phenoxy) is 1. The zero-order valence-electron chi connectivity index (χ0n) is 23.1. The molecule has 3 aromatic rings. The van der Waals surface area contributed by atoms with Crippen LogP contribution in [0.1, 0.15) is 73.5 Å². The summed E-state index contributed by atoms with van der Waals surface area (Å²) in [6.45, 7) is 8.49. The first kappa shape index (κ1) is 27.6. The molecule has 1 aliphatic heterocycles. The van der Waals surface area contributed by atoms with Crippen molar-refractivity contribution in [3.8, 4) is 5.75 Å². The number of nitrogens with zero attached hydrogens (tertiary/aromatic N) is 2. The van der Waals surface area contributed by atoms with E-state index in [1.165, 1.54) is 5.56 Å². The van der Waals surface area contributed by atoms with E-state index in [-0.39, 0.29) is 23.7 Å². The van der Waals surface area contributed by atoms with Gasteiger partial charge in [-0.05, 0) is 74.2 Å². The van der Waals surface area contributed by atoms with E-state index in [4.69, 9.17) is 4.74 Å². The van der Waals surface area contributed by atoms with Crippen LogP contribution in [0, 0.1) is 5.92 Å². The van der Waals surface area contributed by atoms with Gasteiger partial charge in [0.25, 0.3) is 0 Å². The van der Waals surface area contributed by atoms with Gasteiger partial charge in [-0.25, -0.2) is 0 Å². The fourth-order valence-electron chi connectivity index (χ4n) is 5.21. The van der Waals surface area contributed by atoms with Crippen LogP contribution in [-0.2, 0) is 4.79 Å². The van der Waals surface area contributed by atoms with E-state index in [0.717, 1.165) is 55.9 Å². The number of hydrogen-bond acceptors (Lipinski definition) is 4. The minimum absolute atomic E-state index is 0.0198. The van der Waals surface area contributed by atoms with Gasteiger partial charge in [-0.3, -0.25) is 9.59 Å². The first-order valence-corrected chi connectivity index (χ1v) is 13.7. The van der Waals surface area contributed by atoms with E-state index >= 15 is 0 Å². The summed E-state index contributed by atoms with van der Waals surface area (Å²) >= 11 is 0. The molecule has 0 unspecified atom stereocenters. The van der Waals surface area contributed by atoms with Crippen LogP contribution < -0.4 is 9.64 Å². The summed E-state index contributed by atoms with van der Waals surface area (Å²) in [4.78, 5) is 28.6. The maximum atomic E-state index is 12.5. The molecule has 5 nitrogen and oxygen atoms in total. The number of anilines is 1. The average Bonchev–Trinajstić information content (AvgIpc) is 2.95. The van der Waals surface area contributed by atoms with Crippen LogP contribution in [-0.4, -0.2) is 43.3 Å². The number of piperidine rings is 1. The van der Waals surface area contributed by atoms with Crippen LogP contribution >= 0.6 is 0 Å². The Balaban J connectivity index is 1.36. The predicted molar refractivity (Wildman–Crippen MR) is 154 cm³/mol. The van der Waals surface area contributed by atoms with Crippen LogP contribution in [0.2, 0.25) is 0 Å². The standard InChI is InChI=1S/C33H40N2O3/c1-24(2)33(37)34(4)30-14-8-13-29(22-30)26-16-19-35(20-17-26)21-18-32(27-10-6-5-7-11-27)38-31-15-9-12-28(23-31)25(3)36/h5-15,22-24,26,32H,16-21H2,1-4H3/t32-/m0/s1. The molecule has 1 heterocycles. The molecule has 1 amide bonds. The highest BCUT2D eigenvalue weighted by molar-refractivity contribution is 5.94. The molecule has 0 bridgehead atoms. The van der Waals surface area contributed by atoms with Crippen LogP contribution in [0.3, 0.4) is 0 Å². The fraction of sp³-hybridized carbons (Fsp3) is 0.394. The molecule has 3 aromatic carbocycles. The van der Waals surface area contributed by atoms with Gasteiger partial charge >= 0.3 is 0 Å². The number of rotatable bonds is 10. The second kappa shape index (κ2) is 12.9. The molecule has 1 aliphatic rings. The Morgan fingerprint density at radius 1 is 0.947 bits per heavy atom. The molecule has 1 fully saturated rings. The quantitative estimate of drug-likeness (QED) is 0.277. The summed E-state index contributed by atoms with van der Waals surface area (Å²) in [5.41, 5.74) is 4.11. The lowest BCUT2D eigenvalue weighted by molar-refractivity contribution is -0.121. The molecular formula is C33H40N2O3. The molecule has 0 aromatic heterocycles. The lowest BCUT2D eigenvalue weighted by atomic mass is 9.89. The maximum Gasteiger partial charge on any atom is 0.229 e. The highest BCUT2D eigenvalue weighted by atomic mass is 16.5. The van der Waals surface area contributed by atoms with Crippen LogP contribution in [0.15, 0.2) is 78.9 Å². The third-order valence-electron chi connectivity index (χ3n) is 7.54. The minimum Gasteiger partial charge on any atom is -0.486 e. The van der Waals surface area contributed by atoms with E-state index in [0.29, 0.717) is 11.5 Å². The van der Waals surface area contributed by atoms with Crippen molar-refractivity contribution >= 4 is 17.4 Å². The second-order valence-corrected chi connectivity index (χ2v) is 10.7. The van der Waals surface area contributed by atoms with Gasteiger partial charge in [-0.15, -0.1) is 0 Å². The first-order valence-electron chi connectivity index (χ1n) is 13.7. The molecule has 38 heavy (non-hydrogen) atoms. The summed E-state index contributed by atoms with van der Waals surface area (Å²) in [5, 5.41) is 0. The van der Waals surface area contributed by atoms with Gasteiger partial charge in [0.15, 0.2) is 5.78 Å². The molecule has 0 N–H and O–H groups in total. The van der Waals surface area contributed by atoms with Crippen molar-refractivity contribution in [3.63, 3.8) is 0 Å². The maximum absolute atomic E-state index is 12.5. The largest absolute Gasteiger partial charge is 0.486 e. The molecule has 0 spiro atoms. The van der Waals surface area contributed by atoms with Gasteiger partial charge in [0, 0.05) is 37.2 Å². The zero-order valence-corrected chi connectivity index (χ0v) is 23.1. The summed E-state index contributed by atoms with van der Waals surface area (Å²) in [6.07, 6.45) is 2.99. The van der Waals surface area contributed by atoms with Gasteiger partial charge < -0.3 is 14.5 Å². The number of amides is 1. The molecule has 0 aliphatic carbocycles. The Morgan fingerprint density at radius 2 is 1.66 bits per heavy atom. The SMILES string of the molecule is CC(=O)c1cccc(O[C@@H](CCN2CCC(c3cccc(N(C)C(=O)C(C)C)c3)CC2)c2ccccc2)c1. The van der Waals surface area contributed by atoms with E-state index in [9.17, 15) is 9.59 Å². The molecular weight excluding hydrogens is 472 g/mol. The second-order valence-electron chi connectivity index (χ2n) is 10.7. The molecule has 1 atom stereocenters. The highest BCUT2D eigenvalue weighted by Gasteiger charge is 2.23. The Bertz CT molecular complexity index is 1220. The molecule has 5 heteroatoms. The lowest BCUT2D eigenvalue weighted by Gasteiger charge is -2.33. The average molecular weight is 513 g/mol. The molecule has 0 saturated carbocycles. The van der Waals surface area contributed by atoms with Gasteiger partial charge in [0.05, 0.1) is 0 Å². The van der Waals surface area contributed by atoms with Gasteiger partial charge in [0.1, 0.15) is 11.9 Å². The summed E-state index contributed by atoms with van der Waals surface area (Å²) in [7, 11) is 1.87. The molecule has 4 rings (SSSR count). The van der Waals surface area contributed by atoms with E-state index < -0.39 is 0 Å². The van der Waals surface area contributed by atoms with Gasteiger partial charge in [-0.2, -0.15) is 0 Å². The van der Waals surface area contributed by atoms with Crippen molar-refractivity contribution in [2.75, 3.05) is 31.6 Å². The summed E-state index contributed by atoms with van der Waals surface area (Å²) in [5.74, 6) is 1.39.